The van der Waals surface area contributed by atoms with Crippen LogP contribution in [-0.2, 0) is 30.9 Å². The van der Waals surface area contributed by atoms with Gasteiger partial charge in [-0.25, -0.2) is 16.8 Å². The molecule has 0 radical (unpaired) electrons. The Morgan fingerprint density at radius 1 is 0.648 bits per heavy atom. The van der Waals surface area contributed by atoms with Crippen LogP contribution < -0.4 is 19.2 Å². The zero-order valence-corrected chi connectivity index (χ0v) is 42.7. The molecule has 4 spiro atoms. The molecule has 6 saturated carbocycles. The standard InChI is InChI=1S/C57H68N4O8S2/c1-70(66,67)58-42-15-16-48-44(30-42)57(34-60(48)52(64)41-14-6-12-39(29-41)51(63)37-9-4-10-37)25-23-55(24-26-57)33-46(55)43-31-49-45(32-47(43)59-71(2,68)69)56(21-19-54(17-18-54)20-22-56)35-61(49)53(65)40-13-5-11-38(28-40)50(62)27-36-7-3-8-36/h5-6,11-16,28-32,36-37,46,50-51,58-59,62-63H,3-4,7-10,17-27,33-35H2,1-2H3. The van der Waals surface area contributed by atoms with Gasteiger partial charge in [0.1, 0.15) is 0 Å². The van der Waals surface area contributed by atoms with Crippen molar-refractivity contribution in [3.8, 4) is 0 Å². The zero-order chi connectivity index (χ0) is 49.3. The van der Waals surface area contributed by atoms with Crippen LogP contribution in [0, 0.1) is 22.7 Å². The lowest BCUT2D eigenvalue weighted by atomic mass is 9.65. The summed E-state index contributed by atoms with van der Waals surface area (Å²) in [7, 11) is -7.26. The highest BCUT2D eigenvalue weighted by Crippen LogP contribution is 2.71. The smallest absolute Gasteiger partial charge is 0.258 e. The summed E-state index contributed by atoms with van der Waals surface area (Å²) in [6.07, 6.45) is 18.8. The van der Waals surface area contributed by atoms with Crippen molar-refractivity contribution < 1.29 is 36.6 Å². The molecule has 3 unspecified atom stereocenters. The van der Waals surface area contributed by atoms with Crippen LogP contribution in [0.25, 0.3) is 0 Å². The van der Waals surface area contributed by atoms with Gasteiger partial charge in [0, 0.05) is 52.1 Å². The summed E-state index contributed by atoms with van der Waals surface area (Å²) in [6, 6.07) is 24.6. The Labute approximate surface area is 419 Å². The second-order valence-electron chi connectivity index (χ2n) is 23.8. The first kappa shape index (κ1) is 47.3. The molecule has 0 aromatic heterocycles. The lowest BCUT2D eigenvalue weighted by molar-refractivity contribution is 0.0620. The fraction of sp³-hybridized carbons (Fsp3) is 0.544. The zero-order valence-electron chi connectivity index (χ0n) is 41.1. The Kier molecular flexibility index (Phi) is 11.2. The first-order chi connectivity index (χ1) is 33.8. The number of aliphatic hydroxyl groups excluding tert-OH is 2. The first-order valence-electron chi connectivity index (χ1n) is 26.3. The number of nitrogens with one attached hydrogen (secondary N) is 2. The highest BCUT2D eigenvalue weighted by Gasteiger charge is 2.61. The van der Waals surface area contributed by atoms with Crippen LogP contribution in [0.5, 0.6) is 0 Å². The lowest BCUT2D eigenvalue weighted by Crippen LogP contribution is -2.40. The predicted molar refractivity (Wildman–Crippen MR) is 277 cm³/mol. The fourth-order valence-electron chi connectivity index (χ4n) is 14.2. The molecule has 6 aliphatic carbocycles. The number of sulfonamides is 2. The summed E-state index contributed by atoms with van der Waals surface area (Å²) in [4.78, 5) is 33.4. The van der Waals surface area contributed by atoms with Crippen molar-refractivity contribution in [1.82, 2.24) is 0 Å². The van der Waals surface area contributed by atoms with Crippen LogP contribution in [0.4, 0.5) is 22.7 Å². The quantitative estimate of drug-likeness (QED) is 0.109. The highest BCUT2D eigenvalue weighted by atomic mass is 32.2. The van der Waals surface area contributed by atoms with Gasteiger partial charge in [-0.15, -0.1) is 0 Å². The Morgan fingerprint density at radius 3 is 1.79 bits per heavy atom. The number of aliphatic hydroxyl groups is 2. The number of hydrogen-bond acceptors (Lipinski definition) is 8. The van der Waals surface area contributed by atoms with Gasteiger partial charge in [0.2, 0.25) is 20.0 Å². The lowest BCUT2D eigenvalue weighted by Gasteiger charge is -2.39. The molecule has 2 heterocycles. The molecule has 4 N–H and O–H groups in total. The van der Waals surface area contributed by atoms with Gasteiger partial charge < -0.3 is 20.0 Å². The van der Waals surface area contributed by atoms with Crippen molar-refractivity contribution in [2.45, 2.75) is 145 Å². The van der Waals surface area contributed by atoms with Gasteiger partial charge in [0.25, 0.3) is 11.8 Å². The molecule has 0 bridgehead atoms. The Bertz CT molecular complexity index is 3050. The Morgan fingerprint density at radius 2 is 1.21 bits per heavy atom. The first-order valence-corrected chi connectivity index (χ1v) is 30.1. The van der Waals surface area contributed by atoms with Gasteiger partial charge in [-0.2, -0.15) is 0 Å². The van der Waals surface area contributed by atoms with E-state index in [9.17, 15) is 36.6 Å². The third-order valence-corrected chi connectivity index (χ3v) is 20.5. The van der Waals surface area contributed by atoms with Crippen LogP contribution in [0.2, 0.25) is 0 Å². The van der Waals surface area contributed by atoms with Crippen LogP contribution in [0.15, 0.2) is 78.9 Å². The van der Waals surface area contributed by atoms with Crippen molar-refractivity contribution in [2.75, 3.05) is 44.8 Å². The molecule has 4 aromatic rings. The Hall–Kier alpha value is -4.76. The van der Waals surface area contributed by atoms with Crippen molar-refractivity contribution in [3.05, 3.63) is 118 Å². The van der Waals surface area contributed by atoms with Gasteiger partial charge in [-0.1, -0.05) is 49.9 Å². The molecule has 8 aliphatic rings. The molecule has 14 heteroatoms. The van der Waals surface area contributed by atoms with E-state index >= 15 is 0 Å². The molecular weight excluding hydrogens is 933 g/mol. The van der Waals surface area contributed by atoms with Crippen molar-refractivity contribution in [3.63, 3.8) is 0 Å². The molecule has 71 heavy (non-hydrogen) atoms. The topological polar surface area (TPSA) is 173 Å². The van der Waals surface area contributed by atoms with E-state index in [1.165, 1.54) is 25.5 Å². The third-order valence-electron chi connectivity index (χ3n) is 19.3. The maximum atomic E-state index is 15.0. The van der Waals surface area contributed by atoms with Gasteiger partial charge in [-0.3, -0.25) is 19.0 Å². The van der Waals surface area contributed by atoms with Crippen LogP contribution in [0.3, 0.4) is 0 Å². The highest BCUT2D eigenvalue weighted by molar-refractivity contribution is 7.92. The molecule has 2 amide bonds. The third kappa shape index (κ3) is 8.59. The molecule has 4 aromatic carbocycles. The van der Waals surface area contributed by atoms with Crippen LogP contribution >= 0.6 is 0 Å². The second kappa shape index (κ2) is 16.9. The number of benzene rings is 4. The molecule has 2 aliphatic heterocycles. The summed E-state index contributed by atoms with van der Waals surface area (Å²) < 4.78 is 57.1. The van der Waals surface area contributed by atoms with Gasteiger partial charge in [0.05, 0.1) is 30.4 Å². The maximum absolute atomic E-state index is 15.0. The summed E-state index contributed by atoms with van der Waals surface area (Å²) >= 11 is 0. The number of nitrogens with zero attached hydrogens (tertiary/aromatic N) is 2. The minimum atomic E-state index is -3.68. The van der Waals surface area contributed by atoms with E-state index in [1.807, 2.05) is 64.4 Å². The fourth-order valence-corrected chi connectivity index (χ4v) is 15.4. The molecule has 12 nitrogen and oxygen atoms in total. The number of fused-ring (bicyclic) bond motifs is 4. The SMILES string of the molecule is CS(=O)(=O)Nc1ccc2c(c1)C1(CCC3(CC1)CC3c1cc3c(cc1NS(C)(=O)=O)C1(CCC4(CC4)CC1)CN3C(=O)c1cccc(C(O)CC3CCC3)c1)CN2C(=O)c1cccc(C(O)C2CCC2)c1. The molecule has 0 saturated heterocycles. The van der Waals surface area contributed by atoms with Crippen LogP contribution in [0.1, 0.15) is 182 Å². The number of rotatable bonds is 12. The van der Waals surface area contributed by atoms with E-state index in [4.69, 9.17) is 0 Å². The second-order valence-corrected chi connectivity index (χ2v) is 27.3. The number of carbonyl (C=O) groups is 2. The maximum Gasteiger partial charge on any atom is 0.258 e. The summed E-state index contributed by atoms with van der Waals surface area (Å²) in [6.45, 7) is 0.959. The average Bonchev–Trinajstić information content (AvgIpc) is 4.19. The number of hydrogen-bond donors (Lipinski definition) is 4. The minimum absolute atomic E-state index is 0.0238. The van der Waals surface area contributed by atoms with Crippen molar-refractivity contribution in [1.29, 1.82) is 0 Å². The van der Waals surface area contributed by atoms with E-state index in [-0.39, 0.29) is 34.5 Å². The van der Waals surface area contributed by atoms with Gasteiger partial charge in [-0.05, 0) is 201 Å². The van der Waals surface area contributed by atoms with Gasteiger partial charge in [0.15, 0.2) is 0 Å². The predicted octanol–water partition coefficient (Wildman–Crippen LogP) is 10.4. The van der Waals surface area contributed by atoms with E-state index in [1.54, 1.807) is 12.1 Å². The summed E-state index contributed by atoms with van der Waals surface area (Å²) in [5, 5.41) is 22.4. The average molecular weight is 1000 g/mol. The Balaban J connectivity index is 0.863. The van der Waals surface area contributed by atoms with E-state index < -0.39 is 37.7 Å². The van der Waals surface area contributed by atoms with E-state index in [2.05, 4.69) is 21.6 Å². The number of anilines is 4. The van der Waals surface area contributed by atoms with Crippen molar-refractivity contribution >= 4 is 54.6 Å². The molecule has 6 fully saturated rings. The minimum Gasteiger partial charge on any atom is -0.388 e. The molecule has 3 atom stereocenters. The van der Waals surface area contributed by atoms with E-state index in [0.29, 0.717) is 53.3 Å². The van der Waals surface area contributed by atoms with Gasteiger partial charge >= 0.3 is 0 Å². The largest absolute Gasteiger partial charge is 0.388 e. The summed E-state index contributed by atoms with van der Waals surface area (Å²) in [5.41, 5.74) is 7.62. The normalized spacial score (nSPS) is 24.3. The summed E-state index contributed by atoms with van der Waals surface area (Å²) in [5.74, 6) is 0.475. The number of amides is 2. The van der Waals surface area contributed by atoms with Crippen LogP contribution in [-0.4, -0.2) is 64.5 Å². The molecular formula is C57H68N4O8S2. The molecule has 12 rings (SSSR count). The van der Waals surface area contributed by atoms with Crippen molar-refractivity contribution in [2.24, 2.45) is 22.7 Å². The number of carbonyl (C=O) groups excluding carboxylic acids is 2. The molecule has 376 valence electrons. The monoisotopic (exact) mass is 1000 g/mol. The van der Waals surface area contributed by atoms with E-state index in [0.717, 1.165) is 135 Å².